The SMILES string of the molecule is COc1ccc(C2=N[C@@H](c3ccc(Cl)cc3)[C@@H](c3ccc(Cl)cc3)N2C(=O)N2CCN(CCNC(=O)c3ccc(B(O)O)cc3)C(=O)C2)c(OC(C)C)c1. The third-order valence-corrected chi connectivity index (χ3v) is 9.72. The Morgan fingerprint density at radius 1 is 0.926 bits per heavy atom. The van der Waals surface area contributed by atoms with E-state index in [0.717, 1.165) is 11.1 Å². The fourth-order valence-corrected chi connectivity index (χ4v) is 6.75. The average molecular weight is 772 g/mol. The highest BCUT2D eigenvalue weighted by atomic mass is 35.5. The normalized spacial score (nSPS) is 17.1. The zero-order valence-corrected chi connectivity index (χ0v) is 31.5. The van der Waals surface area contributed by atoms with Gasteiger partial charge >= 0.3 is 13.1 Å². The molecule has 0 spiro atoms. The number of hydrogen-bond acceptors (Lipinski definition) is 8. The molecule has 3 N–H and O–H groups in total. The molecule has 0 unspecified atom stereocenters. The molecule has 2 aliphatic heterocycles. The summed E-state index contributed by atoms with van der Waals surface area (Å²) in [7, 11) is -0.0611. The number of amidine groups is 1. The molecule has 6 rings (SSSR count). The molecular formula is C39H40BCl2N5O7. The van der Waals surface area contributed by atoms with Gasteiger partial charge < -0.3 is 34.6 Å². The van der Waals surface area contributed by atoms with Crippen molar-refractivity contribution in [1.29, 1.82) is 0 Å². The van der Waals surface area contributed by atoms with Crippen LogP contribution in [0.2, 0.25) is 10.0 Å². The zero-order valence-electron chi connectivity index (χ0n) is 30.0. The highest BCUT2D eigenvalue weighted by Gasteiger charge is 2.45. The molecule has 280 valence electrons. The standard InChI is InChI=1S/C39H40BCl2N5O7/c1-24(2)54-33-22-31(53-3)16-17-32(33)37-44-35(25-6-12-29(41)13-7-25)36(26-8-14-30(42)15-9-26)47(37)39(50)46-21-20-45(34(48)23-46)19-18-43-38(49)27-4-10-28(11-5-27)40(51)52/h4-17,22,24,35-36,51-52H,18-21,23H2,1-3H3,(H,43,49)/t35-,36+/m0/s1. The quantitative estimate of drug-likeness (QED) is 0.188. The van der Waals surface area contributed by atoms with Gasteiger partial charge in [-0.15, -0.1) is 0 Å². The first-order valence-electron chi connectivity index (χ1n) is 17.5. The van der Waals surface area contributed by atoms with Gasteiger partial charge in [0.1, 0.15) is 29.9 Å². The number of rotatable bonds is 11. The first kappa shape index (κ1) is 38.6. The number of nitrogens with one attached hydrogen (secondary N) is 1. The number of methoxy groups -OCH3 is 1. The van der Waals surface area contributed by atoms with Crippen molar-refractivity contribution in [1.82, 2.24) is 20.0 Å². The Hall–Kier alpha value is -5.08. The Labute approximate surface area is 324 Å². The minimum Gasteiger partial charge on any atom is -0.497 e. The molecule has 0 aromatic heterocycles. The molecule has 4 amide bonds. The van der Waals surface area contributed by atoms with Crippen LogP contribution in [0, 0.1) is 0 Å². The van der Waals surface area contributed by atoms with Gasteiger partial charge in [-0.05, 0) is 79.0 Å². The van der Waals surface area contributed by atoms with Crippen LogP contribution >= 0.6 is 23.2 Å². The van der Waals surface area contributed by atoms with E-state index in [4.69, 9.17) is 37.7 Å². The maximum atomic E-state index is 14.9. The van der Waals surface area contributed by atoms with E-state index in [0.29, 0.717) is 38.5 Å². The van der Waals surface area contributed by atoms with Crippen LogP contribution in [0.15, 0.2) is 96.0 Å². The van der Waals surface area contributed by atoms with E-state index < -0.39 is 25.2 Å². The molecular weight excluding hydrogens is 732 g/mol. The number of aliphatic imine (C=N–C) groups is 1. The maximum absolute atomic E-state index is 14.9. The number of piperazine rings is 1. The van der Waals surface area contributed by atoms with E-state index in [1.54, 1.807) is 53.3 Å². The Balaban J connectivity index is 1.27. The van der Waals surface area contributed by atoms with Crippen molar-refractivity contribution in [2.45, 2.75) is 32.0 Å². The Bertz CT molecular complexity index is 2010. The molecule has 1 saturated heterocycles. The van der Waals surface area contributed by atoms with Crippen LogP contribution in [0.25, 0.3) is 0 Å². The molecule has 0 radical (unpaired) electrons. The van der Waals surface area contributed by atoms with E-state index in [1.807, 2.05) is 44.2 Å². The van der Waals surface area contributed by atoms with Gasteiger partial charge in [-0.1, -0.05) is 59.6 Å². The van der Waals surface area contributed by atoms with Crippen LogP contribution in [0.1, 0.15) is 53.0 Å². The number of ether oxygens (including phenoxy) is 2. The van der Waals surface area contributed by atoms with Crippen molar-refractivity contribution in [3.8, 4) is 11.5 Å². The number of amides is 4. The van der Waals surface area contributed by atoms with E-state index in [1.165, 1.54) is 29.2 Å². The van der Waals surface area contributed by atoms with Crippen LogP contribution in [0.3, 0.4) is 0 Å². The largest absolute Gasteiger partial charge is 0.497 e. The van der Waals surface area contributed by atoms with Crippen LogP contribution in [0.5, 0.6) is 11.5 Å². The van der Waals surface area contributed by atoms with Crippen LogP contribution in [0.4, 0.5) is 4.79 Å². The predicted molar refractivity (Wildman–Crippen MR) is 208 cm³/mol. The summed E-state index contributed by atoms with van der Waals surface area (Å²) in [5, 5.41) is 22.5. The minimum atomic E-state index is -1.63. The highest BCUT2D eigenvalue weighted by Crippen LogP contribution is 2.46. The summed E-state index contributed by atoms with van der Waals surface area (Å²) in [6, 6.07) is 24.3. The number of nitrogens with zero attached hydrogens (tertiary/aromatic N) is 4. The summed E-state index contributed by atoms with van der Waals surface area (Å²) in [5.41, 5.74) is 2.81. The summed E-state index contributed by atoms with van der Waals surface area (Å²) in [4.78, 5) is 51.1. The third kappa shape index (κ3) is 8.66. The molecule has 4 aromatic carbocycles. The van der Waals surface area contributed by atoms with Gasteiger partial charge in [0.05, 0.1) is 24.8 Å². The van der Waals surface area contributed by atoms with Crippen molar-refractivity contribution in [3.63, 3.8) is 0 Å². The number of urea groups is 1. The lowest BCUT2D eigenvalue weighted by atomic mass is 9.80. The monoisotopic (exact) mass is 771 g/mol. The molecule has 2 aliphatic rings. The molecule has 54 heavy (non-hydrogen) atoms. The van der Waals surface area contributed by atoms with Gasteiger partial charge in [-0.3, -0.25) is 19.5 Å². The summed E-state index contributed by atoms with van der Waals surface area (Å²) >= 11 is 12.6. The van der Waals surface area contributed by atoms with Crippen LogP contribution in [-0.2, 0) is 4.79 Å². The second-order valence-corrected chi connectivity index (χ2v) is 14.1. The number of carbonyl (C=O) groups is 3. The van der Waals surface area contributed by atoms with Crippen molar-refractivity contribution in [2.75, 3.05) is 39.8 Å². The molecule has 15 heteroatoms. The van der Waals surface area contributed by atoms with Crippen molar-refractivity contribution in [3.05, 3.63) is 123 Å². The van der Waals surface area contributed by atoms with E-state index in [-0.39, 0.29) is 56.1 Å². The smallest absolute Gasteiger partial charge is 0.488 e. The molecule has 1 fully saturated rings. The summed E-state index contributed by atoms with van der Waals surface area (Å²) < 4.78 is 11.8. The Morgan fingerprint density at radius 2 is 1.57 bits per heavy atom. The second-order valence-electron chi connectivity index (χ2n) is 13.2. The lowest BCUT2D eigenvalue weighted by Crippen LogP contribution is -2.57. The average Bonchev–Trinajstić information content (AvgIpc) is 3.55. The topological polar surface area (TPSA) is 144 Å². The minimum absolute atomic E-state index is 0.182. The van der Waals surface area contributed by atoms with Gasteiger partial charge in [-0.25, -0.2) is 4.79 Å². The van der Waals surface area contributed by atoms with Crippen molar-refractivity contribution in [2.24, 2.45) is 4.99 Å². The Kier molecular flexibility index (Phi) is 12.1. The highest BCUT2D eigenvalue weighted by molar-refractivity contribution is 6.58. The first-order valence-corrected chi connectivity index (χ1v) is 18.2. The van der Waals surface area contributed by atoms with Gasteiger partial charge in [0.15, 0.2) is 0 Å². The summed E-state index contributed by atoms with van der Waals surface area (Å²) in [6.45, 7) is 4.55. The lowest BCUT2D eigenvalue weighted by Gasteiger charge is -2.38. The number of benzene rings is 4. The molecule has 12 nitrogen and oxygen atoms in total. The van der Waals surface area contributed by atoms with Crippen LogP contribution < -0.4 is 20.3 Å². The van der Waals surface area contributed by atoms with Gasteiger partial charge in [0, 0.05) is 47.9 Å². The number of hydrogen-bond donors (Lipinski definition) is 3. The Morgan fingerprint density at radius 3 is 2.17 bits per heavy atom. The second kappa shape index (κ2) is 16.9. The summed E-state index contributed by atoms with van der Waals surface area (Å²) in [6.07, 6.45) is -0.197. The molecule has 4 aromatic rings. The molecule has 0 saturated carbocycles. The fraction of sp³-hybridized carbons (Fsp3) is 0.282. The first-order chi connectivity index (χ1) is 25.9. The number of halogens is 2. The predicted octanol–water partition coefficient (Wildman–Crippen LogP) is 4.71. The zero-order chi connectivity index (χ0) is 38.5. The van der Waals surface area contributed by atoms with Crippen LogP contribution in [-0.4, -0.2) is 101 Å². The molecule has 0 bridgehead atoms. The van der Waals surface area contributed by atoms with E-state index in [2.05, 4.69) is 5.32 Å². The van der Waals surface area contributed by atoms with Crippen molar-refractivity contribution >= 4 is 59.5 Å². The van der Waals surface area contributed by atoms with E-state index in [9.17, 15) is 24.4 Å². The molecule has 2 atom stereocenters. The molecule has 0 aliphatic carbocycles. The third-order valence-electron chi connectivity index (χ3n) is 9.22. The van der Waals surface area contributed by atoms with Gasteiger partial charge in [0.2, 0.25) is 5.91 Å². The summed E-state index contributed by atoms with van der Waals surface area (Å²) in [5.74, 6) is 0.800. The van der Waals surface area contributed by atoms with Gasteiger partial charge in [-0.2, -0.15) is 0 Å². The fourth-order valence-electron chi connectivity index (χ4n) is 6.49. The van der Waals surface area contributed by atoms with Crippen molar-refractivity contribution < 1.29 is 33.9 Å². The maximum Gasteiger partial charge on any atom is 0.488 e. The lowest BCUT2D eigenvalue weighted by molar-refractivity contribution is -0.134. The van der Waals surface area contributed by atoms with E-state index >= 15 is 0 Å². The number of carbonyl (C=O) groups excluding carboxylic acids is 3. The molecule has 2 heterocycles. The van der Waals surface area contributed by atoms with Gasteiger partial charge in [0.25, 0.3) is 5.91 Å².